The van der Waals surface area contributed by atoms with Crippen molar-refractivity contribution in [3.05, 3.63) is 119 Å². The number of benzene rings is 4. The molecule has 37 heavy (non-hydrogen) atoms. The molecule has 0 radical (unpaired) electrons. The molecule has 0 fully saturated rings. The third-order valence-corrected chi connectivity index (χ3v) is 6.77. The molecule has 7 aromatic rings. The van der Waals surface area contributed by atoms with Crippen molar-refractivity contribution in [1.82, 2.24) is 14.4 Å². The van der Waals surface area contributed by atoms with Crippen LogP contribution in [0.2, 0.25) is 0 Å². The van der Waals surface area contributed by atoms with Gasteiger partial charge in [0, 0.05) is 28.5 Å². The molecule has 0 bridgehead atoms. The van der Waals surface area contributed by atoms with E-state index in [1.54, 1.807) is 4.40 Å². The average molecular weight is 483 g/mol. The molecule has 0 aliphatic rings. The molecule has 0 spiro atoms. The van der Waals surface area contributed by atoms with Crippen molar-refractivity contribution in [3.8, 4) is 0 Å². The Morgan fingerprint density at radius 1 is 0.730 bits per heavy atom. The van der Waals surface area contributed by atoms with Gasteiger partial charge in [0.25, 0.3) is 0 Å². The van der Waals surface area contributed by atoms with Crippen LogP contribution in [0, 0.1) is 13.8 Å². The summed E-state index contributed by atoms with van der Waals surface area (Å²) in [5, 5.41) is 1.60. The molecule has 3 aromatic heterocycles. The summed E-state index contributed by atoms with van der Waals surface area (Å²) in [6.45, 7) is 4.16. The Balaban J connectivity index is 1.45. The molecule has 0 amide bonds. The zero-order valence-corrected chi connectivity index (χ0v) is 20.3. The van der Waals surface area contributed by atoms with Crippen LogP contribution in [0.3, 0.4) is 0 Å². The van der Waals surface area contributed by atoms with Gasteiger partial charge in [-0.15, -0.1) is 0 Å². The molecule has 0 saturated heterocycles. The van der Waals surface area contributed by atoms with E-state index < -0.39 is 5.69 Å². The van der Waals surface area contributed by atoms with Gasteiger partial charge in [0.05, 0.1) is 16.4 Å². The van der Waals surface area contributed by atoms with Crippen molar-refractivity contribution in [3.63, 3.8) is 0 Å². The van der Waals surface area contributed by atoms with Gasteiger partial charge in [-0.05, 0) is 68.4 Å². The summed E-state index contributed by atoms with van der Waals surface area (Å²) in [7, 11) is 0. The molecule has 6 nitrogen and oxygen atoms in total. The van der Waals surface area contributed by atoms with E-state index in [-0.39, 0.29) is 5.71 Å². The lowest BCUT2D eigenvalue weighted by atomic mass is 10.1. The van der Waals surface area contributed by atoms with Gasteiger partial charge in [-0.25, -0.2) is 14.2 Å². The SMILES string of the molecule is Cc1ccc(N(c2ccc(C)cc2)c2ccc3cc4c(nc(=O)n5c6ccccc6nc45)oc3c2)cc1. The highest BCUT2D eigenvalue weighted by atomic mass is 16.3. The van der Waals surface area contributed by atoms with E-state index in [9.17, 15) is 4.79 Å². The predicted molar refractivity (Wildman–Crippen MR) is 148 cm³/mol. The number of anilines is 3. The quantitative estimate of drug-likeness (QED) is 0.249. The monoisotopic (exact) mass is 482 g/mol. The molecule has 0 aliphatic carbocycles. The number of aryl methyl sites for hydroxylation is 2. The van der Waals surface area contributed by atoms with Crippen LogP contribution in [0.4, 0.5) is 17.1 Å². The number of imidazole rings is 1. The molecule has 0 N–H and O–H groups in total. The third kappa shape index (κ3) is 3.45. The van der Waals surface area contributed by atoms with Crippen molar-refractivity contribution in [1.29, 1.82) is 0 Å². The van der Waals surface area contributed by atoms with Crippen LogP contribution in [-0.4, -0.2) is 14.4 Å². The Morgan fingerprint density at radius 3 is 2.08 bits per heavy atom. The first kappa shape index (κ1) is 21.3. The molecular weight excluding hydrogens is 460 g/mol. The first-order valence-corrected chi connectivity index (χ1v) is 12.1. The number of para-hydroxylation sites is 2. The number of hydrogen-bond acceptors (Lipinski definition) is 5. The third-order valence-electron chi connectivity index (χ3n) is 6.77. The van der Waals surface area contributed by atoms with Gasteiger partial charge in [-0.1, -0.05) is 47.5 Å². The summed E-state index contributed by atoms with van der Waals surface area (Å²) in [6.07, 6.45) is 0. The maximum Gasteiger partial charge on any atom is 0.357 e. The Morgan fingerprint density at radius 2 is 1.38 bits per heavy atom. The second kappa shape index (κ2) is 8.03. The molecule has 0 unspecified atom stereocenters. The summed E-state index contributed by atoms with van der Waals surface area (Å²) in [5.41, 5.74) is 7.96. The molecule has 178 valence electrons. The fourth-order valence-corrected chi connectivity index (χ4v) is 4.86. The fourth-order valence-electron chi connectivity index (χ4n) is 4.86. The Labute approximate surface area is 212 Å². The lowest BCUT2D eigenvalue weighted by Gasteiger charge is -2.26. The fraction of sp³-hybridized carbons (Fsp3) is 0.0645. The zero-order chi connectivity index (χ0) is 25.1. The summed E-state index contributed by atoms with van der Waals surface area (Å²) < 4.78 is 7.79. The second-order valence-electron chi connectivity index (χ2n) is 9.35. The highest BCUT2D eigenvalue weighted by Gasteiger charge is 2.17. The average Bonchev–Trinajstić information content (AvgIpc) is 3.31. The van der Waals surface area contributed by atoms with Gasteiger partial charge >= 0.3 is 5.69 Å². The molecule has 6 heteroatoms. The molecule has 3 heterocycles. The van der Waals surface area contributed by atoms with Gasteiger partial charge in [0.1, 0.15) is 5.58 Å². The smallest absolute Gasteiger partial charge is 0.357 e. The molecule has 7 rings (SSSR count). The van der Waals surface area contributed by atoms with E-state index in [1.165, 1.54) is 11.1 Å². The molecular formula is C31H22N4O2. The van der Waals surface area contributed by atoms with Crippen molar-refractivity contribution in [2.75, 3.05) is 4.90 Å². The number of aromatic nitrogens is 3. The summed E-state index contributed by atoms with van der Waals surface area (Å²) >= 11 is 0. The van der Waals surface area contributed by atoms with Crippen molar-refractivity contribution < 1.29 is 4.42 Å². The van der Waals surface area contributed by atoms with E-state index in [1.807, 2.05) is 42.5 Å². The van der Waals surface area contributed by atoms with Crippen LogP contribution in [0.15, 0.2) is 106 Å². The van der Waals surface area contributed by atoms with E-state index >= 15 is 0 Å². The van der Waals surface area contributed by atoms with Crippen LogP contribution in [0.1, 0.15) is 11.1 Å². The summed E-state index contributed by atoms with van der Waals surface area (Å²) in [5.74, 6) is 0. The lowest BCUT2D eigenvalue weighted by Crippen LogP contribution is -2.16. The van der Waals surface area contributed by atoms with E-state index in [2.05, 4.69) is 78.3 Å². The van der Waals surface area contributed by atoms with Crippen molar-refractivity contribution in [2.24, 2.45) is 0 Å². The van der Waals surface area contributed by atoms with Crippen molar-refractivity contribution >= 4 is 55.8 Å². The van der Waals surface area contributed by atoms with E-state index in [4.69, 9.17) is 9.40 Å². The standard InChI is InChI=1S/C31H22N4O2/c1-19-7-12-22(13-8-19)34(23-14-9-20(2)10-15-23)24-16-11-21-17-25-29-32-26-5-3-4-6-27(26)35(29)31(36)33-30(25)37-28(21)18-24/h3-18H,1-2H3. The molecule has 4 aromatic carbocycles. The maximum absolute atomic E-state index is 12.9. The highest BCUT2D eigenvalue weighted by Crippen LogP contribution is 2.37. The minimum Gasteiger partial charge on any atom is -0.437 e. The largest absolute Gasteiger partial charge is 0.437 e. The highest BCUT2D eigenvalue weighted by molar-refractivity contribution is 5.99. The topological polar surface area (TPSA) is 63.6 Å². The van der Waals surface area contributed by atoms with Crippen molar-refractivity contribution in [2.45, 2.75) is 13.8 Å². The van der Waals surface area contributed by atoms with Crippen LogP contribution >= 0.6 is 0 Å². The molecule has 0 atom stereocenters. The van der Waals surface area contributed by atoms with Crippen LogP contribution in [0.5, 0.6) is 0 Å². The Hall–Kier alpha value is -4.97. The number of rotatable bonds is 3. The molecule has 0 aliphatic heterocycles. The number of fused-ring (bicyclic) bond motifs is 6. The van der Waals surface area contributed by atoms with Gasteiger partial charge in [-0.3, -0.25) is 0 Å². The van der Waals surface area contributed by atoms with Gasteiger partial charge < -0.3 is 9.32 Å². The normalized spacial score (nSPS) is 11.6. The predicted octanol–water partition coefficient (Wildman–Crippen LogP) is 7.23. The molecule has 0 saturated carbocycles. The van der Waals surface area contributed by atoms with E-state index in [0.717, 1.165) is 33.5 Å². The van der Waals surface area contributed by atoms with Gasteiger partial charge in [0.2, 0.25) is 5.71 Å². The van der Waals surface area contributed by atoms with Crippen LogP contribution in [0.25, 0.3) is 38.7 Å². The lowest BCUT2D eigenvalue weighted by molar-refractivity contribution is 0.641. The summed E-state index contributed by atoms with van der Waals surface area (Å²) in [4.78, 5) is 24.1. The number of hydrogen-bond donors (Lipinski definition) is 0. The van der Waals surface area contributed by atoms with Gasteiger partial charge in [0.15, 0.2) is 5.65 Å². The van der Waals surface area contributed by atoms with E-state index in [0.29, 0.717) is 16.6 Å². The summed E-state index contributed by atoms with van der Waals surface area (Å²) in [6, 6.07) is 32.5. The second-order valence-corrected chi connectivity index (χ2v) is 9.35. The minimum absolute atomic E-state index is 0.273. The zero-order valence-electron chi connectivity index (χ0n) is 20.3. The maximum atomic E-state index is 12.9. The first-order chi connectivity index (χ1) is 18.0. The van der Waals surface area contributed by atoms with Crippen LogP contribution < -0.4 is 10.6 Å². The Bertz CT molecular complexity index is 1980. The first-order valence-electron chi connectivity index (χ1n) is 12.1. The minimum atomic E-state index is -0.406. The van der Waals surface area contributed by atoms with Crippen LogP contribution in [-0.2, 0) is 0 Å². The Kier molecular flexibility index (Phi) is 4.63. The number of nitrogens with zero attached hydrogens (tertiary/aromatic N) is 4. The van der Waals surface area contributed by atoms with Gasteiger partial charge in [-0.2, -0.15) is 4.98 Å².